The summed E-state index contributed by atoms with van der Waals surface area (Å²) in [6.07, 6.45) is 3.52. The number of rotatable bonds is 5. The molecule has 0 spiro atoms. The summed E-state index contributed by atoms with van der Waals surface area (Å²) in [5.74, 6) is 0.506. The molecular formula is C14H23N3. The van der Waals surface area contributed by atoms with Crippen LogP contribution in [0.3, 0.4) is 0 Å². The minimum Gasteiger partial charge on any atom is -0.370 e. The summed E-state index contributed by atoms with van der Waals surface area (Å²) in [6, 6.07) is 6.28. The van der Waals surface area contributed by atoms with Gasteiger partial charge in [0.1, 0.15) is 0 Å². The number of nitrogens with zero attached hydrogens (tertiary/aromatic N) is 1. The number of hydrogen-bond donors (Lipinski definition) is 2. The van der Waals surface area contributed by atoms with Crippen LogP contribution in [0.1, 0.15) is 37.3 Å². The van der Waals surface area contributed by atoms with Crippen molar-refractivity contribution in [3.63, 3.8) is 0 Å². The molecule has 17 heavy (non-hydrogen) atoms. The fourth-order valence-corrected chi connectivity index (χ4v) is 1.80. The van der Waals surface area contributed by atoms with Crippen LogP contribution < -0.4 is 11.1 Å². The maximum atomic E-state index is 5.83. The van der Waals surface area contributed by atoms with Gasteiger partial charge >= 0.3 is 0 Å². The Labute approximate surface area is 104 Å². The molecule has 0 amide bonds. The summed E-state index contributed by atoms with van der Waals surface area (Å²) in [5.41, 5.74) is 9.30. The van der Waals surface area contributed by atoms with Gasteiger partial charge in [0.15, 0.2) is 5.96 Å². The molecule has 0 unspecified atom stereocenters. The molecule has 0 aromatic heterocycles. The maximum Gasteiger partial charge on any atom is 0.193 e. The highest BCUT2D eigenvalue weighted by Gasteiger charge is 1.97. The average Bonchev–Trinajstić information content (AvgIpc) is 2.23. The van der Waals surface area contributed by atoms with Crippen LogP contribution in [0.15, 0.2) is 23.2 Å². The molecule has 0 aliphatic rings. The standard InChI is InChI=1S/C14H23N3/c1-4-5-6-7-16-14(15)17-13-9-11(2)8-12(3)10-13/h8-10H,4-7H2,1-3H3,(H3,15,16,17). The molecule has 0 heterocycles. The molecule has 0 atom stereocenters. The molecule has 3 nitrogen and oxygen atoms in total. The number of anilines is 1. The summed E-state index contributed by atoms with van der Waals surface area (Å²) < 4.78 is 0. The summed E-state index contributed by atoms with van der Waals surface area (Å²) in [6.45, 7) is 7.14. The van der Waals surface area contributed by atoms with Crippen molar-refractivity contribution in [1.82, 2.24) is 0 Å². The van der Waals surface area contributed by atoms with E-state index in [2.05, 4.69) is 49.3 Å². The third-order valence-electron chi connectivity index (χ3n) is 2.54. The van der Waals surface area contributed by atoms with Crippen LogP contribution in [0.2, 0.25) is 0 Å². The normalized spacial score (nSPS) is 11.6. The molecule has 3 heteroatoms. The van der Waals surface area contributed by atoms with E-state index in [9.17, 15) is 0 Å². The van der Waals surface area contributed by atoms with Crippen molar-refractivity contribution >= 4 is 11.6 Å². The Kier molecular flexibility index (Phi) is 5.53. The topological polar surface area (TPSA) is 50.4 Å². The SMILES string of the molecule is CCCCCN=C(N)Nc1cc(C)cc(C)c1. The first-order valence-electron chi connectivity index (χ1n) is 6.27. The Bertz CT molecular complexity index is 363. The van der Waals surface area contributed by atoms with E-state index >= 15 is 0 Å². The lowest BCUT2D eigenvalue weighted by atomic mass is 10.1. The Balaban J connectivity index is 2.52. The van der Waals surface area contributed by atoms with Gasteiger partial charge in [-0.05, 0) is 43.5 Å². The lowest BCUT2D eigenvalue weighted by molar-refractivity contribution is 0.727. The van der Waals surface area contributed by atoms with E-state index in [-0.39, 0.29) is 0 Å². The molecule has 0 saturated heterocycles. The van der Waals surface area contributed by atoms with Crippen molar-refractivity contribution < 1.29 is 0 Å². The van der Waals surface area contributed by atoms with E-state index in [0.29, 0.717) is 5.96 Å². The molecule has 94 valence electrons. The average molecular weight is 233 g/mol. The van der Waals surface area contributed by atoms with Gasteiger partial charge in [0.05, 0.1) is 0 Å². The van der Waals surface area contributed by atoms with Gasteiger partial charge < -0.3 is 11.1 Å². The third-order valence-corrected chi connectivity index (χ3v) is 2.54. The van der Waals surface area contributed by atoms with E-state index in [0.717, 1.165) is 18.7 Å². The number of nitrogens with two attached hydrogens (primary N) is 1. The van der Waals surface area contributed by atoms with Crippen LogP contribution in [0, 0.1) is 13.8 Å². The van der Waals surface area contributed by atoms with Crippen LogP contribution in [0.5, 0.6) is 0 Å². The largest absolute Gasteiger partial charge is 0.370 e. The van der Waals surface area contributed by atoms with Gasteiger partial charge in [0, 0.05) is 12.2 Å². The predicted octanol–water partition coefficient (Wildman–Crippen LogP) is 3.22. The number of benzene rings is 1. The zero-order valence-corrected chi connectivity index (χ0v) is 11.1. The van der Waals surface area contributed by atoms with Gasteiger partial charge in [-0.3, -0.25) is 4.99 Å². The van der Waals surface area contributed by atoms with Crippen molar-refractivity contribution in [3.8, 4) is 0 Å². The summed E-state index contributed by atoms with van der Waals surface area (Å²) in [4.78, 5) is 4.30. The number of unbranched alkanes of at least 4 members (excludes halogenated alkanes) is 2. The van der Waals surface area contributed by atoms with E-state index < -0.39 is 0 Å². The number of hydrogen-bond acceptors (Lipinski definition) is 1. The van der Waals surface area contributed by atoms with Crippen molar-refractivity contribution in [1.29, 1.82) is 0 Å². The Morgan fingerprint density at radius 2 is 1.82 bits per heavy atom. The molecule has 0 saturated carbocycles. The Morgan fingerprint density at radius 3 is 2.41 bits per heavy atom. The fourth-order valence-electron chi connectivity index (χ4n) is 1.80. The Hall–Kier alpha value is -1.51. The molecular weight excluding hydrogens is 210 g/mol. The van der Waals surface area contributed by atoms with Gasteiger partial charge in [-0.25, -0.2) is 0 Å². The predicted molar refractivity (Wildman–Crippen MR) is 75.6 cm³/mol. The second-order valence-electron chi connectivity index (χ2n) is 4.48. The number of aliphatic imine (C=N–C) groups is 1. The van der Waals surface area contributed by atoms with Crippen LogP contribution in [0.25, 0.3) is 0 Å². The van der Waals surface area contributed by atoms with Crippen LogP contribution in [0.4, 0.5) is 5.69 Å². The zero-order chi connectivity index (χ0) is 12.7. The van der Waals surface area contributed by atoms with Gasteiger partial charge in [0.25, 0.3) is 0 Å². The first-order chi connectivity index (χ1) is 8.11. The number of aryl methyl sites for hydroxylation is 2. The van der Waals surface area contributed by atoms with Crippen molar-refractivity contribution in [3.05, 3.63) is 29.3 Å². The molecule has 3 N–H and O–H groups in total. The molecule has 1 rings (SSSR count). The smallest absolute Gasteiger partial charge is 0.193 e. The highest BCUT2D eigenvalue weighted by molar-refractivity contribution is 5.92. The molecule has 0 radical (unpaired) electrons. The van der Waals surface area contributed by atoms with E-state index in [1.807, 2.05) is 0 Å². The van der Waals surface area contributed by atoms with E-state index in [4.69, 9.17) is 5.73 Å². The van der Waals surface area contributed by atoms with Crippen LogP contribution in [-0.4, -0.2) is 12.5 Å². The molecule has 0 aliphatic heterocycles. The second-order valence-corrected chi connectivity index (χ2v) is 4.48. The van der Waals surface area contributed by atoms with Gasteiger partial charge in [-0.1, -0.05) is 25.8 Å². The molecule has 1 aromatic carbocycles. The third kappa shape index (κ3) is 5.38. The lowest BCUT2D eigenvalue weighted by Crippen LogP contribution is -2.23. The summed E-state index contributed by atoms with van der Waals surface area (Å²) in [7, 11) is 0. The maximum absolute atomic E-state index is 5.83. The van der Waals surface area contributed by atoms with Crippen molar-refractivity contribution in [2.24, 2.45) is 10.7 Å². The molecule has 0 aliphatic carbocycles. The zero-order valence-electron chi connectivity index (χ0n) is 11.1. The van der Waals surface area contributed by atoms with Crippen LogP contribution in [-0.2, 0) is 0 Å². The molecule has 0 fully saturated rings. The minimum absolute atomic E-state index is 0.506. The fraction of sp³-hybridized carbons (Fsp3) is 0.500. The lowest BCUT2D eigenvalue weighted by Gasteiger charge is -2.07. The van der Waals surface area contributed by atoms with Gasteiger partial charge in [-0.2, -0.15) is 0 Å². The highest BCUT2D eigenvalue weighted by atomic mass is 15.1. The number of guanidine groups is 1. The second kappa shape index (κ2) is 6.94. The van der Waals surface area contributed by atoms with Crippen LogP contribution >= 0.6 is 0 Å². The first kappa shape index (κ1) is 13.6. The Morgan fingerprint density at radius 1 is 1.18 bits per heavy atom. The molecule has 1 aromatic rings. The van der Waals surface area contributed by atoms with Gasteiger partial charge in [0.2, 0.25) is 0 Å². The first-order valence-corrected chi connectivity index (χ1v) is 6.27. The highest BCUT2D eigenvalue weighted by Crippen LogP contribution is 2.13. The summed E-state index contributed by atoms with van der Waals surface area (Å²) in [5, 5.41) is 3.13. The van der Waals surface area contributed by atoms with E-state index in [1.165, 1.54) is 24.0 Å². The van der Waals surface area contributed by atoms with Crippen molar-refractivity contribution in [2.75, 3.05) is 11.9 Å². The minimum atomic E-state index is 0.506. The summed E-state index contributed by atoms with van der Waals surface area (Å²) >= 11 is 0. The monoisotopic (exact) mass is 233 g/mol. The quantitative estimate of drug-likeness (QED) is 0.466. The molecule has 0 bridgehead atoms. The number of nitrogens with one attached hydrogen (secondary N) is 1. The van der Waals surface area contributed by atoms with Crippen molar-refractivity contribution in [2.45, 2.75) is 40.0 Å². The van der Waals surface area contributed by atoms with Gasteiger partial charge in [-0.15, -0.1) is 0 Å². The van der Waals surface area contributed by atoms with E-state index in [1.54, 1.807) is 0 Å².